The third-order valence-corrected chi connectivity index (χ3v) is 3.56. The SMILES string of the molecule is COc1c(C)cc(-c2csc(=S)[nH]2)cc1C. The van der Waals surface area contributed by atoms with Crippen molar-refractivity contribution >= 4 is 23.6 Å². The smallest absolute Gasteiger partial charge is 0.158 e. The summed E-state index contributed by atoms with van der Waals surface area (Å²) < 4.78 is 6.15. The standard InChI is InChI=1S/C12H13NOS2/c1-7-4-9(5-8(2)11(7)14-3)10-6-16-12(15)13-10/h4-6H,1-3H3,(H,13,15). The van der Waals surface area contributed by atoms with E-state index in [0.717, 1.165) is 32.1 Å². The number of hydrogen-bond acceptors (Lipinski definition) is 3. The third-order valence-electron chi connectivity index (χ3n) is 2.50. The van der Waals surface area contributed by atoms with Crippen molar-refractivity contribution in [3.63, 3.8) is 0 Å². The van der Waals surface area contributed by atoms with Gasteiger partial charge in [-0.3, -0.25) is 0 Å². The van der Waals surface area contributed by atoms with Crippen LogP contribution in [0.4, 0.5) is 0 Å². The van der Waals surface area contributed by atoms with E-state index in [1.165, 1.54) is 0 Å². The molecule has 0 atom stereocenters. The van der Waals surface area contributed by atoms with Crippen LogP contribution < -0.4 is 4.74 Å². The molecule has 1 heterocycles. The van der Waals surface area contributed by atoms with Crippen molar-refractivity contribution in [1.29, 1.82) is 0 Å². The predicted molar refractivity (Wildman–Crippen MR) is 71.0 cm³/mol. The number of ether oxygens (including phenoxy) is 1. The summed E-state index contributed by atoms with van der Waals surface area (Å²) in [5.41, 5.74) is 4.51. The van der Waals surface area contributed by atoms with Gasteiger partial charge >= 0.3 is 0 Å². The van der Waals surface area contributed by atoms with Crippen LogP contribution in [0.1, 0.15) is 11.1 Å². The van der Waals surface area contributed by atoms with E-state index >= 15 is 0 Å². The summed E-state index contributed by atoms with van der Waals surface area (Å²) in [5, 5.41) is 2.04. The van der Waals surface area contributed by atoms with Crippen LogP contribution in [-0.4, -0.2) is 12.1 Å². The largest absolute Gasteiger partial charge is 0.496 e. The molecule has 16 heavy (non-hydrogen) atoms. The first-order valence-electron chi connectivity index (χ1n) is 4.95. The van der Waals surface area contributed by atoms with Gasteiger partial charge in [0.2, 0.25) is 0 Å². The van der Waals surface area contributed by atoms with Crippen LogP contribution in [0.2, 0.25) is 0 Å². The van der Waals surface area contributed by atoms with E-state index < -0.39 is 0 Å². The van der Waals surface area contributed by atoms with Gasteiger partial charge in [0.1, 0.15) is 5.75 Å². The molecular formula is C12H13NOS2. The maximum atomic E-state index is 5.34. The lowest BCUT2D eigenvalue weighted by Gasteiger charge is -2.10. The van der Waals surface area contributed by atoms with Gasteiger partial charge in [0.15, 0.2) is 3.95 Å². The molecule has 0 amide bonds. The van der Waals surface area contributed by atoms with E-state index in [4.69, 9.17) is 17.0 Å². The van der Waals surface area contributed by atoms with Crippen LogP contribution in [0.5, 0.6) is 5.75 Å². The van der Waals surface area contributed by atoms with Gasteiger partial charge in [-0.05, 0) is 54.9 Å². The van der Waals surface area contributed by atoms with Crippen molar-refractivity contribution in [2.45, 2.75) is 13.8 Å². The predicted octanol–water partition coefficient (Wildman–Crippen LogP) is 4.10. The van der Waals surface area contributed by atoms with Gasteiger partial charge in [-0.1, -0.05) is 0 Å². The first kappa shape index (κ1) is 11.4. The fourth-order valence-electron chi connectivity index (χ4n) is 1.85. The zero-order valence-corrected chi connectivity index (χ0v) is 11.1. The fourth-order valence-corrected chi connectivity index (χ4v) is 2.69. The van der Waals surface area contributed by atoms with Crippen molar-refractivity contribution in [3.8, 4) is 17.0 Å². The molecule has 0 aliphatic heterocycles. The van der Waals surface area contributed by atoms with Crippen LogP contribution in [0.15, 0.2) is 17.5 Å². The Bertz CT molecular complexity index is 545. The number of rotatable bonds is 2. The average Bonchev–Trinajstić information content (AvgIpc) is 2.64. The topological polar surface area (TPSA) is 25.0 Å². The highest BCUT2D eigenvalue weighted by Crippen LogP contribution is 2.29. The van der Waals surface area contributed by atoms with Crippen LogP contribution in [0.3, 0.4) is 0 Å². The van der Waals surface area contributed by atoms with Crippen LogP contribution in [0, 0.1) is 17.8 Å². The highest BCUT2D eigenvalue weighted by Gasteiger charge is 2.07. The highest BCUT2D eigenvalue weighted by atomic mass is 32.1. The first-order valence-corrected chi connectivity index (χ1v) is 6.24. The van der Waals surface area contributed by atoms with Crippen LogP contribution >= 0.6 is 23.6 Å². The number of thiazole rings is 1. The summed E-state index contributed by atoms with van der Waals surface area (Å²) in [5.74, 6) is 0.956. The molecule has 2 nitrogen and oxygen atoms in total. The third kappa shape index (κ3) is 2.03. The van der Waals surface area contributed by atoms with Gasteiger partial charge < -0.3 is 9.72 Å². The Kier molecular flexibility index (Phi) is 3.12. The van der Waals surface area contributed by atoms with Gasteiger partial charge in [-0.25, -0.2) is 0 Å². The molecule has 0 aliphatic carbocycles. The molecule has 84 valence electrons. The molecule has 0 aliphatic rings. The number of H-pyrrole nitrogens is 1. The lowest BCUT2D eigenvalue weighted by molar-refractivity contribution is 0.408. The average molecular weight is 251 g/mol. The van der Waals surface area contributed by atoms with Gasteiger partial charge in [-0.15, -0.1) is 11.3 Å². The number of hydrogen-bond donors (Lipinski definition) is 1. The Hall–Kier alpha value is -1.13. The Balaban J connectivity index is 2.56. The van der Waals surface area contributed by atoms with Crippen molar-refractivity contribution in [3.05, 3.63) is 32.6 Å². The number of aryl methyl sites for hydroxylation is 2. The number of benzene rings is 1. The van der Waals surface area contributed by atoms with Crippen molar-refractivity contribution in [2.24, 2.45) is 0 Å². The molecule has 4 heteroatoms. The number of nitrogens with one attached hydrogen (secondary N) is 1. The second-order valence-corrected chi connectivity index (χ2v) is 5.25. The van der Waals surface area contributed by atoms with E-state index in [1.807, 2.05) is 5.38 Å². The summed E-state index contributed by atoms with van der Waals surface area (Å²) in [6.07, 6.45) is 0. The Morgan fingerprint density at radius 3 is 2.31 bits per heavy atom. The van der Waals surface area contributed by atoms with E-state index in [2.05, 4.69) is 31.0 Å². The molecule has 0 spiro atoms. The zero-order valence-electron chi connectivity index (χ0n) is 9.46. The molecule has 2 aromatic rings. The minimum absolute atomic E-state index is 0.807. The molecule has 0 saturated carbocycles. The van der Waals surface area contributed by atoms with E-state index in [9.17, 15) is 0 Å². The van der Waals surface area contributed by atoms with E-state index in [-0.39, 0.29) is 0 Å². The molecule has 2 rings (SSSR count). The van der Waals surface area contributed by atoms with Gasteiger partial charge in [0.25, 0.3) is 0 Å². The number of aromatic nitrogens is 1. The number of methoxy groups -OCH3 is 1. The molecule has 0 saturated heterocycles. The van der Waals surface area contributed by atoms with E-state index in [0.29, 0.717) is 0 Å². The van der Waals surface area contributed by atoms with Crippen LogP contribution in [0.25, 0.3) is 11.3 Å². The highest BCUT2D eigenvalue weighted by molar-refractivity contribution is 7.73. The Morgan fingerprint density at radius 2 is 1.88 bits per heavy atom. The maximum Gasteiger partial charge on any atom is 0.158 e. The quantitative estimate of drug-likeness (QED) is 0.813. The second kappa shape index (κ2) is 4.39. The second-order valence-electron chi connectivity index (χ2n) is 3.71. The van der Waals surface area contributed by atoms with Crippen LogP contribution in [-0.2, 0) is 0 Å². The lowest BCUT2D eigenvalue weighted by atomic mass is 10.0. The van der Waals surface area contributed by atoms with Gasteiger partial charge in [0, 0.05) is 5.38 Å². The van der Waals surface area contributed by atoms with Crippen molar-refractivity contribution < 1.29 is 4.74 Å². The minimum Gasteiger partial charge on any atom is -0.496 e. The van der Waals surface area contributed by atoms with Crippen molar-refractivity contribution in [1.82, 2.24) is 4.98 Å². The van der Waals surface area contributed by atoms with E-state index in [1.54, 1.807) is 18.4 Å². The number of aromatic amines is 1. The molecule has 1 aromatic carbocycles. The van der Waals surface area contributed by atoms with Gasteiger partial charge in [0.05, 0.1) is 12.8 Å². The summed E-state index contributed by atoms with van der Waals surface area (Å²) in [6, 6.07) is 4.22. The van der Waals surface area contributed by atoms with Crippen molar-refractivity contribution in [2.75, 3.05) is 7.11 Å². The van der Waals surface area contributed by atoms with Gasteiger partial charge in [-0.2, -0.15) is 0 Å². The minimum atomic E-state index is 0.807. The lowest BCUT2D eigenvalue weighted by Crippen LogP contribution is -1.92. The fraction of sp³-hybridized carbons (Fsp3) is 0.250. The summed E-state index contributed by atoms with van der Waals surface area (Å²) in [4.78, 5) is 3.18. The molecular weight excluding hydrogens is 238 g/mol. The zero-order chi connectivity index (χ0) is 11.7. The summed E-state index contributed by atoms with van der Waals surface area (Å²) in [7, 11) is 1.70. The molecule has 0 fully saturated rings. The molecule has 1 N–H and O–H groups in total. The Labute approximate surface area is 104 Å². The molecule has 0 bridgehead atoms. The first-order chi connectivity index (χ1) is 7.61. The summed E-state index contributed by atoms with van der Waals surface area (Å²) >= 11 is 6.63. The monoisotopic (exact) mass is 251 g/mol. The molecule has 0 radical (unpaired) electrons. The summed E-state index contributed by atoms with van der Waals surface area (Å²) in [6.45, 7) is 4.10. The molecule has 0 unspecified atom stereocenters. The molecule has 1 aromatic heterocycles. The normalized spacial score (nSPS) is 10.4. The Morgan fingerprint density at radius 1 is 1.25 bits per heavy atom. The maximum absolute atomic E-state index is 5.34.